The van der Waals surface area contributed by atoms with Crippen LogP contribution in [0.5, 0.6) is 0 Å². The molecular formula is C13H15NOS. The van der Waals surface area contributed by atoms with E-state index in [1.54, 1.807) is 29.6 Å². The standard InChI is InChI=1S/C13H15NOS/c1-14(13(15)9-11-16-2)10-8-12-6-4-3-5-7-12/h3-11H,1-2H3/b10-8+,11-9+. The second-order valence-electron chi connectivity index (χ2n) is 3.21. The number of likely N-dealkylation sites (N-methyl/N-ethyl adjacent to an activating group) is 1. The first-order valence-electron chi connectivity index (χ1n) is 4.93. The number of thioether (sulfide) groups is 1. The molecule has 0 heterocycles. The fraction of sp³-hybridized carbons (Fsp3) is 0.154. The lowest BCUT2D eigenvalue weighted by Gasteiger charge is -2.08. The van der Waals surface area contributed by atoms with Gasteiger partial charge in [-0.1, -0.05) is 30.3 Å². The molecule has 0 aliphatic rings. The van der Waals surface area contributed by atoms with Crippen molar-refractivity contribution in [2.24, 2.45) is 0 Å². The van der Waals surface area contributed by atoms with Crippen molar-refractivity contribution in [3.63, 3.8) is 0 Å². The number of rotatable bonds is 4. The average molecular weight is 233 g/mol. The van der Waals surface area contributed by atoms with Gasteiger partial charge in [-0.2, -0.15) is 0 Å². The minimum atomic E-state index is -0.0264. The molecular weight excluding hydrogens is 218 g/mol. The van der Waals surface area contributed by atoms with Crippen LogP contribution in [0.1, 0.15) is 5.56 Å². The Labute approximate surface area is 101 Å². The van der Waals surface area contributed by atoms with E-state index in [-0.39, 0.29) is 5.91 Å². The summed E-state index contributed by atoms with van der Waals surface area (Å²) < 4.78 is 0. The van der Waals surface area contributed by atoms with Gasteiger partial charge in [0.1, 0.15) is 0 Å². The van der Waals surface area contributed by atoms with Gasteiger partial charge in [0.05, 0.1) is 0 Å². The van der Waals surface area contributed by atoms with E-state index in [1.807, 2.05) is 42.7 Å². The molecule has 0 fully saturated rings. The maximum absolute atomic E-state index is 11.5. The van der Waals surface area contributed by atoms with E-state index in [0.717, 1.165) is 5.56 Å². The summed E-state index contributed by atoms with van der Waals surface area (Å²) in [7, 11) is 1.74. The molecule has 3 heteroatoms. The van der Waals surface area contributed by atoms with Crippen molar-refractivity contribution in [1.82, 2.24) is 4.90 Å². The Hall–Kier alpha value is -1.48. The first kappa shape index (κ1) is 12.6. The molecule has 1 aromatic carbocycles. The Balaban J connectivity index is 2.57. The first-order valence-corrected chi connectivity index (χ1v) is 6.22. The Morgan fingerprint density at radius 1 is 1.31 bits per heavy atom. The molecule has 2 nitrogen and oxygen atoms in total. The van der Waals surface area contributed by atoms with E-state index >= 15 is 0 Å². The largest absolute Gasteiger partial charge is 0.319 e. The summed E-state index contributed by atoms with van der Waals surface area (Å²) >= 11 is 1.51. The molecule has 0 unspecified atom stereocenters. The number of hydrogen-bond donors (Lipinski definition) is 0. The predicted octanol–water partition coefficient (Wildman–Crippen LogP) is 2.99. The van der Waals surface area contributed by atoms with Crippen LogP contribution in [-0.4, -0.2) is 24.1 Å². The van der Waals surface area contributed by atoms with Crippen LogP contribution in [0.3, 0.4) is 0 Å². The van der Waals surface area contributed by atoms with Crippen molar-refractivity contribution in [3.8, 4) is 0 Å². The van der Waals surface area contributed by atoms with Crippen molar-refractivity contribution < 1.29 is 4.79 Å². The van der Waals surface area contributed by atoms with Crippen LogP contribution in [0.2, 0.25) is 0 Å². The average Bonchev–Trinajstić information content (AvgIpc) is 2.34. The lowest BCUT2D eigenvalue weighted by Crippen LogP contribution is -2.17. The van der Waals surface area contributed by atoms with Crippen LogP contribution >= 0.6 is 11.8 Å². The molecule has 0 spiro atoms. The van der Waals surface area contributed by atoms with Gasteiger partial charge in [0, 0.05) is 19.3 Å². The zero-order valence-electron chi connectivity index (χ0n) is 9.46. The summed E-state index contributed by atoms with van der Waals surface area (Å²) in [6.45, 7) is 0. The molecule has 0 N–H and O–H groups in total. The number of carbonyl (C=O) groups excluding carboxylic acids is 1. The van der Waals surface area contributed by atoms with E-state index in [2.05, 4.69) is 0 Å². The summed E-state index contributed by atoms with van der Waals surface area (Å²) in [4.78, 5) is 13.1. The molecule has 0 aliphatic carbocycles. The molecule has 0 bridgehead atoms. The van der Waals surface area contributed by atoms with Gasteiger partial charge in [-0.3, -0.25) is 4.79 Å². The minimum Gasteiger partial charge on any atom is -0.319 e. The Kier molecular flexibility index (Phi) is 5.43. The predicted molar refractivity (Wildman–Crippen MR) is 70.9 cm³/mol. The molecule has 84 valence electrons. The normalized spacial score (nSPS) is 11.1. The first-order chi connectivity index (χ1) is 7.74. The van der Waals surface area contributed by atoms with Gasteiger partial charge in [0.15, 0.2) is 0 Å². The second kappa shape index (κ2) is 6.90. The zero-order valence-corrected chi connectivity index (χ0v) is 10.3. The van der Waals surface area contributed by atoms with Gasteiger partial charge in [-0.05, 0) is 23.3 Å². The summed E-state index contributed by atoms with van der Waals surface area (Å²) in [6, 6.07) is 9.89. The van der Waals surface area contributed by atoms with Gasteiger partial charge in [-0.25, -0.2) is 0 Å². The maximum atomic E-state index is 11.5. The van der Waals surface area contributed by atoms with Crippen molar-refractivity contribution in [2.75, 3.05) is 13.3 Å². The summed E-state index contributed by atoms with van der Waals surface area (Å²) in [5, 5.41) is 1.77. The van der Waals surface area contributed by atoms with Crippen LogP contribution in [0.4, 0.5) is 0 Å². The molecule has 1 aromatic rings. The van der Waals surface area contributed by atoms with E-state index in [0.29, 0.717) is 0 Å². The Morgan fingerprint density at radius 3 is 2.62 bits per heavy atom. The lowest BCUT2D eigenvalue weighted by molar-refractivity contribution is -0.122. The van der Waals surface area contributed by atoms with Gasteiger partial charge in [-0.15, -0.1) is 11.8 Å². The minimum absolute atomic E-state index is 0.0264. The molecule has 1 amide bonds. The van der Waals surface area contributed by atoms with Crippen LogP contribution in [-0.2, 0) is 4.79 Å². The number of benzene rings is 1. The third-order valence-electron chi connectivity index (χ3n) is 1.98. The van der Waals surface area contributed by atoms with Gasteiger partial charge in [0.2, 0.25) is 0 Å². The van der Waals surface area contributed by atoms with Gasteiger partial charge in [0.25, 0.3) is 5.91 Å². The molecule has 1 rings (SSSR count). The fourth-order valence-corrected chi connectivity index (χ4v) is 1.33. The quantitative estimate of drug-likeness (QED) is 0.745. The molecule has 0 radical (unpaired) electrons. The second-order valence-corrected chi connectivity index (χ2v) is 3.96. The number of nitrogens with zero attached hydrogens (tertiary/aromatic N) is 1. The summed E-state index contributed by atoms with van der Waals surface area (Å²) in [5.74, 6) is -0.0264. The van der Waals surface area contributed by atoms with Crippen LogP contribution < -0.4 is 0 Å². The highest BCUT2D eigenvalue weighted by molar-refractivity contribution is 8.01. The summed E-state index contributed by atoms with van der Waals surface area (Å²) in [5.41, 5.74) is 1.08. The van der Waals surface area contributed by atoms with E-state index in [9.17, 15) is 4.79 Å². The number of amides is 1. The highest BCUT2D eigenvalue weighted by Gasteiger charge is 1.98. The number of carbonyl (C=O) groups is 1. The van der Waals surface area contributed by atoms with E-state index < -0.39 is 0 Å². The maximum Gasteiger partial charge on any atom is 0.250 e. The molecule has 16 heavy (non-hydrogen) atoms. The Bertz CT molecular complexity index is 384. The molecule has 0 atom stereocenters. The zero-order chi connectivity index (χ0) is 11.8. The molecule has 0 saturated carbocycles. The third-order valence-corrected chi connectivity index (χ3v) is 2.39. The molecule has 0 aliphatic heterocycles. The van der Waals surface area contributed by atoms with E-state index in [1.165, 1.54) is 11.8 Å². The van der Waals surface area contributed by atoms with Crippen molar-refractivity contribution >= 4 is 23.7 Å². The van der Waals surface area contributed by atoms with Crippen molar-refractivity contribution in [1.29, 1.82) is 0 Å². The highest BCUT2D eigenvalue weighted by atomic mass is 32.2. The Morgan fingerprint density at radius 2 is 2.00 bits per heavy atom. The van der Waals surface area contributed by atoms with Crippen LogP contribution in [0.25, 0.3) is 6.08 Å². The van der Waals surface area contributed by atoms with Gasteiger partial charge < -0.3 is 4.90 Å². The monoisotopic (exact) mass is 233 g/mol. The van der Waals surface area contributed by atoms with Gasteiger partial charge >= 0.3 is 0 Å². The highest BCUT2D eigenvalue weighted by Crippen LogP contribution is 2.02. The van der Waals surface area contributed by atoms with E-state index in [4.69, 9.17) is 0 Å². The lowest BCUT2D eigenvalue weighted by atomic mass is 10.2. The fourth-order valence-electron chi connectivity index (χ4n) is 1.08. The SMILES string of the molecule is CS/C=C/C(=O)N(C)/C=C/c1ccccc1. The van der Waals surface area contributed by atoms with Crippen LogP contribution in [0.15, 0.2) is 48.0 Å². The third kappa shape index (κ3) is 4.36. The number of hydrogen-bond acceptors (Lipinski definition) is 2. The van der Waals surface area contributed by atoms with Crippen molar-refractivity contribution in [2.45, 2.75) is 0 Å². The summed E-state index contributed by atoms with van der Waals surface area (Å²) in [6.07, 6.45) is 7.15. The van der Waals surface area contributed by atoms with Crippen LogP contribution in [0, 0.1) is 0 Å². The van der Waals surface area contributed by atoms with Crippen molar-refractivity contribution in [3.05, 3.63) is 53.6 Å². The smallest absolute Gasteiger partial charge is 0.250 e. The topological polar surface area (TPSA) is 20.3 Å². The molecule has 0 saturated heterocycles. The molecule has 0 aromatic heterocycles.